The Bertz CT molecular complexity index is 932. The highest BCUT2D eigenvalue weighted by atomic mass is 79.9. The number of ether oxygens (including phenoxy) is 1. The minimum atomic E-state index is -0.738. The molecule has 0 aliphatic heterocycles. The van der Waals surface area contributed by atoms with Crippen LogP contribution in [0.25, 0.3) is 22.3 Å². The van der Waals surface area contributed by atoms with Crippen molar-refractivity contribution in [1.82, 2.24) is 0 Å². The van der Waals surface area contributed by atoms with E-state index in [1.165, 1.54) is 0 Å². The van der Waals surface area contributed by atoms with Gasteiger partial charge in [0.05, 0.1) is 23.7 Å². The van der Waals surface area contributed by atoms with Crippen molar-refractivity contribution < 1.29 is 18.3 Å². The van der Waals surface area contributed by atoms with E-state index in [0.29, 0.717) is 11.1 Å². The number of rotatable bonds is 5. The SMILES string of the molecule is CC(C)OCc1ccc2oc(-c3ccc(Br)cc3)c(C(N)=O)c2c1F. The van der Waals surface area contributed by atoms with E-state index in [2.05, 4.69) is 15.9 Å². The van der Waals surface area contributed by atoms with Crippen LogP contribution in [0, 0.1) is 5.82 Å². The van der Waals surface area contributed by atoms with Crippen molar-refractivity contribution in [3.8, 4) is 11.3 Å². The Morgan fingerprint density at radius 2 is 1.92 bits per heavy atom. The molecule has 0 saturated heterocycles. The molecular weight excluding hydrogens is 389 g/mol. The summed E-state index contributed by atoms with van der Waals surface area (Å²) in [6.07, 6.45) is -0.0339. The van der Waals surface area contributed by atoms with Gasteiger partial charge in [-0.25, -0.2) is 4.39 Å². The van der Waals surface area contributed by atoms with E-state index < -0.39 is 11.7 Å². The van der Waals surface area contributed by atoms with E-state index in [1.54, 1.807) is 24.3 Å². The van der Waals surface area contributed by atoms with E-state index in [-0.39, 0.29) is 35.0 Å². The minimum absolute atomic E-state index is 0.0339. The van der Waals surface area contributed by atoms with Crippen molar-refractivity contribution in [3.63, 3.8) is 0 Å². The third-order valence-corrected chi connectivity index (χ3v) is 4.33. The van der Waals surface area contributed by atoms with Crippen LogP contribution in [0.2, 0.25) is 0 Å². The fourth-order valence-corrected chi connectivity index (χ4v) is 2.87. The van der Waals surface area contributed by atoms with E-state index in [4.69, 9.17) is 14.9 Å². The smallest absolute Gasteiger partial charge is 0.253 e. The molecule has 0 aliphatic carbocycles. The van der Waals surface area contributed by atoms with E-state index in [9.17, 15) is 9.18 Å². The molecule has 0 atom stereocenters. The Morgan fingerprint density at radius 1 is 1.24 bits per heavy atom. The zero-order chi connectivity index (χ0) is 18.1. The number of furan rings is 1. The van der Waals surface area contributed by atoms with Gasteiger partial charge in [-0.1, -0.05) is 34.1 Å². The molecule has 130 valence electrons. The number of amides is 1. The maximum Gasteiger partial charge on any atom is 0.253 e. The van der Waals surface area contributed by atoms with Crippen molar-refractivity contribution in [3.05, 3.63) is 57.8 Å². The molecular formula is C19H17BrFNO3. The molecule has 4 nitrogen and oxygen atoms in total. The molecule has 0 saturated carbocycles. The van der Waals surface area contributed by atoms with Gasteiger partial charge in [-0.3, -0.25) is 4.79 Å². The summed E-state index contributed by atoms with van der Waals surface area (Å²) >= 11 is 3.35. The largest absolute Gasteiger partial charge is 0.455 e. The van der Waals surface area contributed by atoms with Crippen molar-refractivity contribution in [2.45, 2.75) is 26.6 Å². The summed E-state index contributed by atoms with van der Waals surface area (Å²) in [7, 11) is 0. The molecule has 0 unspecified atom stereocenters. The second-order valence-corrected chi connectivity index (χ2v) is 6.86. The number of hydrogen-bond acceptors (Lipinski definition) is 3. The summed E-state index contributed by atoms with van der Waals surface area (Å²) in [6, 6.07) is 10.4. The molecule has 0 aliphatic rings. The summed E-state index contributed by atoms with van der Waals surface area (Å²) in [6.45, 7) is 3.85. The topological polar surface area (TPSA) is 65.5 Å². The van der Waals surface area contributed by atoms with E-state index in [0.717, 1.165) is 4.47 Å². The molecule has 0 bridgehead atoms. The van der Waals surface area contributed by atoms with Crippen molar-refractivity contribution in [2.75, 3.05) is 0 Å². The summed E-state index contributed by atoms with van der Waals surface area (Å²) in [5.74, 6) is -1.02. The van der Waals surface area contributed by atoms with Crippen LogP contribution in [-0.4, -0.2) is 12.0 Å². The molecule has 2 aromatic carbocycles. The fourth-order valence-electron chi connectivity index (χ4n) is 2.60. The van der Waals surface area contributed by atoms with Gasteiger partial charge < -0.3 is 14.9 Å². The van der Waals surface area contributed by atoms with E-state index >= 15 is 0 Å². The standard InChI is InChI=1S/C19H17BrFNO3/c1-10(2)24-9-12-5-8-14-15(17(12)21)16(19(22)23)18(25-14)11-3-6-13(20)7-4-11/h3-8,10H,9H2,1-2H3,(H2,22,23). The summed E-state index contributed by atoms with van der Waals surface area (Å²) in [4.78, 5) is 12.0. The zero-order valence-electron chi connectivity index (χ0n) is 13.8. The first-order valence-electron chi connectivity index (χ1n) is 7.79. The molecule has 0 radical (unpaired) electrons. The molecule has 1 aromatic heterocycles. The molecule has 3 rings (SSSR count). The molecule has 1 amide bonds. The average molecular weight is 406 g/mol. The normalized spacial score (nSPS) is 11.4. The van der Waals surface area contributed by atoms with E-state index in [1.807, 2.05) is 26.0 Å². The molecule has 6 heteroatoms. The van der Waals surface area contributed by atoms with Crippen molar-refractivity contribution >= 4 is 32.8 Å². The van der Waals surface area contributed by atoms with Crippen LogP contribution in [0.4, 0.5) is 4.39 Å². The third-order valence-electron chi connectivity index (χ3n) is 3.80. The lowest BCUT2D eigenvalue weighted by Crippen LogP contribution is -2.12. The number of halogens is 2. The average Bonchev–Trinajstić information content (AvgIpc) is 2.95. The Morgan fingerprint density at radius 3 is 2.52 bits per heavy atom. The van der Waals surface area contributed by atoms with Crippen LogP contribution >= 0.6 is 15.9 Å². The Kier molecular flexibility index (Phi) is 4.92. The van der Waals surface area contributed by atoms with Crippen molar-refractivity contribution in [1.29, 1.82) is 0 Å². The highest BCUT2D eigenvalue weighted by Gasteiger charge is 2.24. The van der Waals surface area contributed by atoms with Crippen LogP contribution in [0.15, 0.2) is 45.3 Å². The molecule has 1 heterocycles. The highest BCUT2D eigenvalue weighted by molar-refractivity contribution is 9.10. The number of fused-ring (bicyclic) bond motifs is 1. The molecule has 0 spiro atoms. The zero-order valence-corrected chi connectivity index (χ0v) is 15.4. The van der Waals surface area contributed by atoms with Gasteiger partial charge in [0.15, 0.2) is 0 Å². The lowest BCUT2D eigenvalue weighted by Gasteiger charge is -2.08. The maximum atomic E-state index is 15.0. The Hall–Kier alpha value is -2.18. The summed E-state index contributed by atoms with van der Waals surface area (Å²) in [5, 5.41) is 0.0928. The van der Waals surface area contributed by atoms with Crippen LogP contribution in [0.3, 0.4) is 0 Å². The van der Waals surface area contributed by atoms with Gasteiger partial charge in [-0.2, -0.15) is 0 Å². The second-order valence-electron chi connectivity index (χ2n) is 5.95. The monoisotopic (exact) mass is 405 g/mol. The van der Waals surface area contributed by atoms with Crippen molar-refractivity contribution in [2.24, 2.45) is 5.73 Å². The first kappa shape index (κ1) is 17.6. The van der Waals surface area contributed by atoms with Gasteiger partial charge in [0.2, 0.25) is 0 Å². The van der Waals surface area contributed by atoms with Gasteiger partial charge >= 0.3 is 0 Å². The number of carbonyl (C=O) groups excluding carboxylic acids is 1. The highest BCUT2D eigenvalue weighted by Crippen LogP contribution is 2.36. The van der Waals surface area contributed by atoms with Crippen LogP contribution in [0.1, 0.15) is 29.8 Å². The fraction of sp³-hybridized carbons (Fsp3) is 0.211. The van der Waals surface area contributed by atoms with Gasteiger partial charge in [0.25, 0.3) is 5.91 Å². The quantitative estimate of drug-likeness (QED) is 0.647. The number of nitrogens with two attached hydrogens (primary N) is 1. The number of primary amides is 1. The first-order chi connectivity index (χ1) is 11.9. The maximum absolute atomic E-state index is 15.0. The first-order valence-corrected chi connectivity index (χ1v) is 8.59. The minimum Gasteiger partial charge on any atom is -0.455 e. The second kappa shape index (κ2) is 6.98. The number of benzene rings is 2. The predicted octanol–water partition coefficient (Wildman–Crippen LogP) is 5.03. The number of carbonyl (C=O) groups is 1. The lowest BCUT2D eigenvalue weighted by molar-refractivity contribution is 0.0640. The molecule has 25 heavy (non-hydrogen) atoms. The summed E-state index contributed by atoms with van der Waals surface area (Å²) in [5.41, 5.74) is 6.85. The molecule has 0 fully saturated rings. The van der Waals surface area contributed by atoms with Crippen LogP contribution in [-0.2, 0) is 11.3 Å². The lowest BCUT2D eigenvalue weighted by atomic mass is 10.0. The molecule has 2 N–H and O–H groups in total. The predicted molar refractivity (Wildman–Crippen MR) is 97.8 cm³/mol. The van der Waals surface area contributed by atoms with Gasteiger partial charge in [-0.15, -0.1) is 0 Å². The number of hydrogen-bond donors (Lipinski definition) is 1. The van der Waals surface area contributed by atoms with Crippen LogP contribution in [0.5, 0.6) is 0 Å². The van der Waals surface area contributed by atoms with Gasteiger partial charge in [0.1, 0.15) is 17.2 Å². The van der Waals surface area contributed by atoms with Gasteiger partial charge in [-0.05, 0) is 32.0 Å². The summed E-state index contributed by atoms with van der Waals surface area (Å²) < 4.78 is 27.1. The Labute approximate surface area is 152 Å². The Balaban J connectivity index is 2.19. The van der Waals surface area contributed by atoms with Gasteiger partial charge in [0, 0.05) is 15.6 Å². The molecule has 3 aromatic rings. The van der Waals surface area contributed by atoms with Crippen LogP contribution < -0.4 is 5.73 Å². The third kappa shape index (κ3) is 3.45.